The lowest BCUT2D eigenvalue weighted by Crippen LogP contribution is -2.20. The molecule has 0 unspecified atom stereocenters. The van der Waals surface area contributed by atoms with E-state index in [2.05, 4.69) is 21.0 Å². The van der Waals surface area contributed by atoms with Gasteiger partial charge in [0.2, 0.25) is 5.82 Å². The monoisotopic (exact) mass is 609 g/mol. The highest BCUT2D eigenvalue weighted by Crippen LogP contribution is 2.35. The topological polar surface area (TPSA) is 88.1 Å². The van der Waals surface area contributed by atoms with Crippen molar-refractivity contribution in [2.75, 3.05) is 14.2 Å². The molecule has 0 amide bonds. The van der Waals surface area contributed by atoms with Gasteiger partial charge in [-0.2, -0.15) is 9.78 Å². The molecule has 0 radical (unpaired) electrons. The first-order valence-electron chi connectivity index (χ1n) is 12.7. The van der Waals surface area contributed by atoms with E-state index in [1.54, 1.807) is 50.8 Å². The summed E-state index contributed by atoms with van der Waals surface area (Å²) in [6, 6.07) is 27.9. The van der Waals surface area contributed by atoms with Gasteiger partial charge >= 0.3 is 0 Å². The zero-order chi connectivity index (χ0) is 28.3. The average molecular weight is 610 g/mol. The molecule has 0 bridgehead atoms. The molecule has 204 valence electrons. The van der Waals surface area contributed by atoms with Crippen LogP contribution in [0.25, 0.3) is 33.5 Å². The molecule has 0 N–H and O–H groups in total. The van der Waals surface area contributed by atoms with Gasteiger partial charge in [-0.1, -0.05) is 48.5 Å². The summed E-state index contributed by atoms with van der Waals surface area (Å²) in [6.07, 6.45) is 1.57. The third-order valence-corrected chi connectivity index (χ3v) is 7.23. The van der Waals surface area contributed by atoms with Gasteiger partial charge in [-0.05, 0) is 64.0 Å². The maximum Gasteiger partial charge on any atom is 0.282 e. The van der Waals surface area contributed by atoms with E-state index < -0.39 is 0 Å². The highest BCUT2D eigenvalue weighted by Gasteiger charge is 2.18. The second-order valence-electron chi connectivity index (χ2n) is 9.10. The van der Waals surface area contributed by atoms with Crippen molar-refractivity contribution in [3.05, 3.63) is 117 Å². The van der Waals surface area contributed by atoms with Gasteiger partial charge < -0.3 is 18.6 Å². The summed E-state index contributed by atoms with van der Waals surface area (Å²) in [7, 11) is 3.17. The van der Waals surface area contributed by atoms with Crippen molar-refractivity contribution in [1.82, 2.24) is 9.66 Å². The second kappa shape index (κ2) is 11.3. The molecular weight excluding hydrogens is 586 g/mol. The molecule has 2 heterocycles. The second-order valence-corrected chi connectivity index (χ2v) is 9.95. The van der Waals surface area contributed by atoms with Crippen LogP contribution < -0.4 is 19.8 Å². The van der Waals surface area contributed by atoms with Gasteiger partial charge in [-0.25, -0.2) is 4.98 Å². The van der Waals surface area contributed by atoms with Crippen molar-refractivity contribution in [3.8, 4) is 28.8 Å². The third-order valence-electron chi connectivity index (χ3n) is 6.55. The number of halogens is 1. The minimum atomic E-state index is -0.333. The van der Waals surface area contributed by atoms with Crippen LogP contribution in [-0.2, 0) is 6.61 Å². The third kappa shape index (κ3) is 5.19. The van der Waals surface area contributed by atoms with Crippen LogP contribution in [0.15, 0.2) is 110 Å². The summed E-state index contributed by atoms with van der Waals surface area (Å²) in [5.74, 6) is 2.39. The first-order valence-corrected chi connectivity index (χ1v) is 13.5. The standard InChI is InChI=1S/C32H24BrN3O5/c1-38-26-13-8-14-27-23(26)16-30(41-27)31-35-25-12-7-6-11-22(25)32(37)36(31)34-18-21-15-28(39-2)29(17-24(21)33)40-19-20-9-4-3-5-10-20/h3-18H,19H2,1-2H3. The number of rotatable bonds is 8. The van der Waals surface area contributed by atoms with Crippen LogP contribution in [0, 0.1) is 0 Å². The molecule has 6 aromatic rings. The van der Waals surface area contributed by atoms with Crippen LogP contribution in [0.4, 0.5) is 0 Å². The summed E-state index contributed by atoms with van der Waals surface area (Å²) in [4.78, 5) is 18.4. The van der Waals surface area contributed by atoms with E-state index in [0.29, 0.717) is 56.1 Å². The molecule has 0 fully saturated rings. The Morgan fingerprint density at radius 1 is 0.878 bits per heavy atom. The molecule has 2 aromatic heterocycles. The number of furan rings is 1. The Labute approximate surface area is 243 Å². The average Bonchev–Trinajstić information content (AvgIpc) is 3.45. The van der Waals surface area contributed by atoms with Gasteiger partial charge in [-0.3, -0.25) is 4.79 Å². The Balaban J connectivity index is 1.42. The smallest absolute Gasteiger partial charge is 0.282 e. The minimum Gasteiger partial charge on any atom is -0.496 e. The van der Waals surface area contributed by atoms with E-state index >= 15 is 0 Å². The quantitative estimate of drug-likeness (QED) is 0.172. The molecule has 6 rings (SSSR count). The van der Waals surface area contributed by atoms with Gasteiger partial charge in [-0.15, -0.1) is 0 Å². The number of methoxy groups -OCH3 is 2. The number of fused-ring (bicyclic) bond motifs is 2. The van der Waals surface area contributed by atoms with Crippen molar-refractivity contribution < 1.29 is 18.6 Å². The van der Waals surface area contributed by atoms with Gasteiger partial charge in [0.25, 0.3) is 5.56 Å². The number of nitrogens with zero attached hydrogens (tertiary/aromatic N) is 3. The maximum atomic E-state index is 13.7. The van der Waals surface area contributed by atoms with Crippen LogP contribution in [0.1, 0.15) is 11.1 Å². The molecule has 0 aliphatic rings. The van der Waals surface area contributed by atoms with E-state index in [1.807, 2.05) is 60.7 Å². The zero-order valence-corrected chi connectivity index (χ0v) is 23.8. The van der Waals surface area contributed by atoms with Crippen molar-refractivity contribution in [1.29, 1.82) is 0 Å². The first-order chi connectivity index (χ1) is 20.1. The number of aromatic nitrogens is 2. The summed E-state index contributed by atoms with van der Waals surface area (Å²) in [5, 5.41) is 5.77. The fourth-order valence-corrected chi connectivity index (χ4v) is 4.91. The molecule has 9 heteroatoms. The molecule has 8 nitrogen and oxygen atoms in total. The molecule has 0 saturated heterocycles. The van der Waals surface area contributed by atoms with Gasteiger partial charge in [0, 0.05) is 10.0 Å². The predicted octanol–water partition coefficient (Wildman–Crippen LogP) is 7.05. The molecule has 41 heavy (non-hydrogen) atoms. The fourth-order valence-electron chi connectivity index (χ4n) is 4.49. The van der Waals surface area contributed by atoms with Crippen LogP contribution in [0.5, 0.6) is 17.2 Å². The van der Waals surface area contributed by atoms with Crippen LogP contribution in [-0.4, -0.2) is 30.1 Å². The predicted molar refractivity (Wildman–Crippen MR) is 162 cm³/mol. The number of benzene rings is 4. The van der Waals surface area contributed by atoms with Crippen LogP contribution in [0.3, 0.4) is 0 Å². The molecule has 0 saturated carbocycles. The number of hydrogen-bond donors (Lipinski definition) is 0. The molecule has 0 aliphatic heterocycles. The maximum absolute atomic E-state index is 13.7. The summed E-state index contributed by atoms with van der Waals surface area (Å²) in [5.41, 5.74) is 2.52. The summed E-state index contributed by atoms with van der Waals surface area (Å²) < 4.78 is 25.2. The number of ether oxygens (including phenoxy) is 3. The minimum absolute atomic E-state index is 0.258. The molecule has 0 spiro atoms. The number of para-hydroxylation sites is 1. The lowest BCUT2D eigenvalue weighted by atomic mass is 10.2. The summed E-state index contributed by atoms with van der Waals surface area (Å²) >= 11 is 3.61. The Morgan fingerprint density at radius 2 is 1.66 bits per heavy atom. The van der Waals surface area contributed by atoms with Gasteiger partial charge in [0.1, 0.15) is 17.9 Å². The molecule has 4 aromatic carbocycles. The van der Waals surface area contributed by atoms with Crippen molar-refractivity contribution in [2.24, 2.45) is 5.10 Å². The Hall–Kier alpha value is -4.89. The molecule has 0 atom stereocenters. The highest BCUT2D eigenvalue weighted by atomic mass is 79.9. The normalized spacial score (nSPS) is 11.4. The largest absolute Gasteiger partial charge is 0.496 e. The fraction of sp³-hybridized carbons (Fsp3) is 0.0938. The van der Waals surface area contributed by atoms with E-state index in [-0.39, 0.29) is 11.4 Å². The SMILES string of the molecule is COc1cc(C=Nn2c(-c3cc4c(OC)cccc4o3)nc3ccccc3c2=O)c(Br)cc1OCc1ccccc1. The van der Waals surface area contributed by atoms with Crippen LogP contribution >= 0.6 is 15.9 Å². The van der Waals surface area contributed by atoms with Gasteiger partial charge in [0.15, 0.2) is 17.3 Å². The summed E-state index contributed by atoms with van der Waals surface area (Å²) in [6.45, 7) is 0.390. The molecular formula is C32H24BrN3O5. The van der Waals surface area contributed by atoms with E-state index in [0.717, 1.165) is 10.9 Å². The Morgan fingerprint density at radius 3 is 2.46 bits per heavy atom. The van der Waals surface area contributed by atoms with Crippen molar-refractivity contribution in [2.45, 2.75) is 6.61 Å². The highest BCUT2D eigenvalue weighted by molar-refractivity contribution is 9.10. The van der Waals surface area contributed by atoms with Gasteiger partial charge in [0.05, 0.1) is 36.7 Å². The van der Waals surface area contributed by atoms with E-state index in [9.17, 15) is 4.79 Å². The first kappa shape index (κ1) is 26.3. The van der Waals surface area contributed by atoms with E-state index in [4.69, 9.17) is 23.6 Å². The molecule has 0 aliphatic carbocycles. The van der Waals surface area contributed by atoms with Crippen LogP contribution in [0.2, 0.25) is 0 Å². The Bertz CT molecular complexity index is 1960. The zero-order valence-electron chi connectivity index (χ0n) is 22.2. The Kier molecular flexibility index (Phi) is 7.26. The van der Waals surface area contributed by atoms with Crippen molar-refractivity contribution >= 4 is 44.0 Å². The van der Waals surface area contributed by atoms with Crippen molar-refractivity contribution in [3.63, 3.8) is 0 Å². The number of hydrogen-bond acceptors (Lipinski definition) is 7. The lowest BCUT2D eigenvalue weighted by molar-refractivity contribution is 0.284. The van der Waals surface area contributed by atoms with E-state index in [1.165, 1.54) is 4.68 Å². The lowest BCUT2D eigenvalue weighted by Gasteiger charge is -2.13.